The highest BCUT2D eigenvalue weighted by Crippen LogP contribution is 2.54. The molecule has 0 saturated heterocycles. The van der Waals surface area contributed by atoms with Crippen LogP contribution in [-0.2, 0) is 18.3 Å². The van der Waals surface area contributed by atoms with Gasteiger partial charge < -0.3 is 9.47 Å². The lowest BCUT2D eigenvalue weighted by Gasteiger charge is -2.33. The maximum atomic E-state index is 2.57. The van der Waals surface area contributed by atoms with E-state index in [1.165, 1.54) is 112 Å². The highest BCUT2D eigenvalue weighted by molar-refractivity contribution is 6.07. The number of aromatic nitrogens is 1. The number of anilines is 3. The molecule has 3 aliphatic carbocycles. The monoisotopic (exact) mass is 780 g/mol. The second-order valence-corrected chi connectivity index (χ2v) is 18.0. The summed E-state index contributed by atoms with van der Waals surface area (Å²) >= 11 is 0. The molecule has 0 bridgehead atoms. The van der Waals surface area contributed by atoms with E-state index < -0.39 is 0 Å². The summed E-state index contributed by atoms with van der Waals surface area (Å²) in [5, 5.41) is 6.71. The highest BCUT2D eigenvalue weighted by Gasteiger charge is 2.37. The molecule has 13 rings (SSSR count). The van der Waals surface area contributed by atoms with Crippen LogP contribution in [0.15, 0.2) is 188 Å². The van der Waals surface area contributed by atoms with E-state index in [2.05, 4.69) is 211 Å². The van der Waals surface area contributed by atoms with E-state index in [1.54, 1.807) is 5.56 Å². The minimum atomic E-state index is -0.196. The minimum Gasteiger partial charge on any atom is -0.313 e. The Labute approximate surface area is 357 Å². The summed E-state index contributed by atoms with van der Waals surface area (Å²) in [6.07, 6.45) is 3.41. The molecule has 0 radical (unpaired) electrons. The lowest BCUT2D eigenvalue weighted by atomic mass is 9.72. The zero-order valence-electron chi connectivity index (χ0n) is 34.5. The molecule has 0 amide bonds. The summed E-state index contributed by atoms with van der Waals surface area (Å²) < 4.78 is 2.57. The molecule has 9 aromatic carbocycles. The molecule has 0 N–H and O–H groups in total. The fourth-order valence-corrected chi connectivity index (χ4v) is 11.6. The van der Waals surface area contributed by atoms with E-state index >= 15 is 0 Å². The standard InChI is InChI=1S/C59H44N2/c1-59(2)51-34-41(26-29-47(51)48-31-28-45(36-52(48)59)60(43-17-5-3-6-18-43)53-22-12-14-37-13-9-10-21-46(37)53)40-27-32-54-50(33-40)58-49-30-25-39-16-11-15-38-23-24-42(57(49)56(38)39)35-55(58)61(54)44-19-7-4-8-20-44/h3-22,25-34,36,42H,23-24,35H2,1-2H3. The van der Waals surface area contributed by atoms with Crippen molar-refractivity contribution in [2.45, 2.75) is 44.4 Å². The molecule has 2 nitrogen and oxygen atoms in total. The summed E-state index contributed by atoms with van der Waals surface area (Å²) in [6.45, 7) is 4.82. The molecule has 290 valence electrons. The lowest BCUT2D eigenvalue weighted by Crippen LogP contribution is -2.18. The Hall–Kier alpha value is -7.16. The first-order valence-corrected chi connectivity index (χ1v) is 21.9. The van der Waals surface area contributed by atoms with Gasteiger partial charge in [-0.15, -0.1) is 0 Å². The van der Waals surface area contributed by atoms with Gasteiger partial charge >= 0.3 is 0 Å². The number of para-hydroxylation sites is 2. The normalized spacial score (nSPS) is 15.5. The molecule has 1 unspecified atom stereocenters. The number of nitrogens with zero attached hydrogens (tertiary/aromatic N) is 2. The Morgan fingerprint density at radius 1 is 0.541 bits per heavy atom. The minimum absolute atomic E-state index is 0.196. The number of rotatable bonds is 5. The fraction of sp³-hybridized carbons (Fsp3) is 0.119. The maximum Gasteiger partial charge on any atom is 0.0540 e. The maximum absolute atomic E-state index is 2.57. The van der Waals surface area contributed by atoms with Crippen LogP contribution in [0.4, 0.5) is 17.1 Å². The van der Waals surface area contributed by atoms with Gasteiger partial charge in [-0.2, -0.15) is 0 Å². The van der Waals surface area contributed by atoms with Crippen LogP contribution >= 0.6 is 0 Å². The molecule has 3 aliphatic rings. The van der Waals surface area contributed by atoms with Gasteiger partial charge in [0, 0.05) is 44.5 Å². The van der Waals surface area contributed by atoms with Gasteiger partial charge in [0.15, 0.2) is 0 Å². The second kappa shape index (κ2) is 12.9. The highest BCUT2D eigenvalue weighted by atomic mass is 15.1. The Morgan fingerprint density at radius 3 is 2.10 bits per heavy atom. The summed E-state index contributed by atoms with van der Waals surface area (Å²) in [6, 6.07) is 70.5. The Balaban J connectivity index is 0.951. The summed E-state index contributed by atoms with van der Waals surface area (Å²) in [5.74, 6) is 0.528. The number of aryl methyl sites for hydroxylation is 1. The van der Waals surface area contributed by atoms with E-state index in [4.69, 9.17) is 0 Å². The van der Waals surface area contributed by atoms with Crippen molar-refractivity contribution < 1.29 is 0 Å². The van der Waals surface area contributed by atoms with Crippen LogP contribution in [0, 0.1) is 0 Å². The predicted molar refractivity (Wildman–Crippen MR) is 256 cm³/mol. The molecular weight excluding hydrogens is 737 g/mol. The van der Waals surface area contributed by atoms with Gasteiger partial charge in [-0.05, 0) is 152 Å². The van der Waals surface area contributed by atoms with Gasteiger partial charge in [-0.3, -0.25) is 0 Å². The lowest BCUT2D eigenvalue weighted by molar-refractivity contribution is 0.596. The van der Waals surface area contributed by atoms with Gasteiger partial charge in [-0.1, -0.05) is 141 Å². The molecule has 61 heavy (non-hydrogen) atoms. The van der Waals surface area contributed by atoms with Gasteiger partial charge in [-0.25, -0.2) is 0 Å². The first kappa shape index (κ1) is 34.7. The topological polar surface area (TPSA) is 8.17 Å². The van der Waals surface area contributed by atoms with Crippen molar-refractivity contribution in [3.05, 3.63) is 216 Å². The third-order valence-corrected chi connectivity index (χ3v) is 14.4. The molecule has 1 aromatic heterocycles. The van der Waals surface area contributed by atoms with Crippen LogP contribution in [0.5, 0.6) is 0 Å². The molecule has 0 aliphatic heterocycles. The van der Waals surface area contributed by atoms with Crippen molar-refractivity contribution in [2.24, 2.45) is 0 Å². The van der Waals surface area contributed by atoms with Gasteiger partial charge in [0.2, 0.25) is 0 Å². The number of fused-ring (bicyclic) bond motifs is 8. The van der Waals surface area contributed by atoms with Crippen LogP contribution in [0.2, 0.25) is 0 Å². The summed E-state index contributed by atoms with van der Waals surface area (Å²) in [5.41, 5.74) is 21.1. The second-order valence-electron chi connectivity index (χ2n) is 18.0. The molecular formula is C59H44N2. The SMILES string of the molecule is CC1(C)c2cc(-c3ccc4c(c3)c3c(n4-c4ccccc4)CC4CCc5cccc6ccc-3c4c56)ccc2-c2ccc(N(c3ccccc3)c3cccc4ccccc34)cc21. The smallest absolute Gasteiger partial charge is 0.0540 e. The zero-order chi connectivity index (χ0) is 40.4. The first-order chi connectivity index (χ1) is 30.0. The quantitative estimate of drug-likeness (QED) is 0.169. The Kier molecular flexibility index (Phi) is 7.34. The van der Waals surface area contributed by atoms with Crippen molar-refractivity contribution in [1.29, 1.82) is 0 Å². The van der Waals surface area contributed by atoms with Crippen molar-refractivity contribution in [2.75, 3.05) is 4.90 Å². The number of hydrogen-bond donors (Lipinski definition) is 0. The van der Waals surface area contributed by atoms with Crippen molar-refractivity contribution in [3.8, 4) is 39.1 Å². The average Bonchev–Trinajstić information content (AvgIpc) is 3.76. The predicted octanol–water partition coefficient (Wildman–Crippen LogP) is 15.6. The summed E-state index contributed by atoms with van der Waals surface area (Å²) in [4.78, 5) is 2.43. The van der Waals surface area contributed by atoms with E-state index in [1.807, 2.05) is 0 Å². The molecule has 0 spiro atoms. The van der Waals surface area contributed by atoms with E-state index in [-0.39, 0.29) is 5.41 Å². The van der Waals surface area contributed by atoms with Gasteiger partial charge in [0.1, 0.15) is 0 Å². The van der Waals surface area contributed by atoms with E-state index in [9.17, 15) is 0 Å². The zero-order valence-corrected chi connectivity index (χ0v) is 34.5. The number of hydrogen-bond acceptors (Lipinski definition) is 1. The fourth-order valence-electron chi connectivity index (χ4n) is 11.6. The molecule has 10 aromatic rings. The number of benzene rings is 9. The largest absolute Gasteiger partial charge is 0.313 e. The van der Waals surface area contributed by atoms with E-state index in [0.29, 0.717) is 5.92 Å². The molecule has 0 fully saturated rings. The van der Waals surface area contributed by atoms with Gasteiger partial charge in [0.25, 0.3) is 0 Å². The third kappa shape index (κ3) is 5.03. The third-order valence-electron chi connectivity index (χ3n) is 14.4. The Morgan fingerprint density at radius 2 is 1.23 bits per heavy atom. The average molecular weight is 781 g/mol. The van der Waals surface area contributed by atoms with Crippen LogP contribution in [-0.4, -0.2) is 4.57 Å². The van der Waals surface area contributed by atoms with E-state index in [0.717, 1.165) is 18.5 Å². The van der Waals surface area contributed by atoms with Crippen LogP contribution in [0.25, 0.3) is 71.5 Å². The van der Waals surface area contributed by atoms with Crippen LogP contribution in [0.1, 0.15) is 54.1 Å². The van der Waals surface area contributed by atoms with Crippen molar-refractivity contribution in [3.63, 3.8) is 0 Å². The van der Waals surface area contributed by atoms with Crippen molar-refractivity contribution in [1.82, 2.24) is 4.57 Å². The Bertz CT molecular complexity index is 3420. The van der Waals surface area contributed by atoms with Crippen molar-refractivity contribution >= 4 is 49.5 Å². The van der Waals surface area contributed by atoms with Gasteiger partial charge in [0.05, 0.1) is 11.2 Å². The van der Waals surface area contributed by atoms with Crippen LogP contribution in [0.3, 0.4) is 0 Å². The molecule has 2 heteroatoms. The molecule has 1 atom stereocenters. The molecule has 1 heterocycles. The molecule has 0 saturated carbocycles. The summed E-state index contributed by atoms with van der Waals surface area (Å²) in [7, 11) is 0. The first-order valence-electron chi connectivity index (χ1n) is 21.9. The van der Waals surface area contributed by atoms with Crippen LogP contribution < -0.4 is 4.90 Å².